The molecule has 4 aromatic rings. The van der Waals surface area contributed by atoms with Gasteiger partial charge in [0.1, 0.15) is 11.3 Å². The van der Waals surface area contributed by atoms with Gasteiger partial charge in [-0.2, -0.15) is 0 Å². The summed E-state index contributed by atoms with van der Waals surface area (Å²) in [6, 6.07) is 9.25. The highest BCUT2D eigenvalue weighted by molar-refractivity contribution is 7.22. The molecular formula is C20H15Cl2FN4OS. The number of imidazole rings is 1. The standard InChI is InChI=1S/C20H15Cl2FN4OS/c21-15-3-1-4-17-18(15)25-20(29-17)27(9-2-8-26-10-7-24-12-26)19(28)14-6-5-13(23)11-16(14)22/h1,3-7,10-12H,2,8-9H2. The molecular weight excluding hydrogens is 434 g/mol. The number of anilines is 1. The summed E-state index contributed by atoms with van der Waals surface area (Å²) in [7, 11) is 0. The number of aromatic nitrogens is 3. The Morgan fingerprint density at radius 3 is 2.79 bits per heavy atom. The number of carbonyl (C=O) groups excluding carboxylic acids is 1. The molecule has 2 aromatic carbocycles. The quantitative estimate of drug-likeness (QED) is 0.381. The Balaban J connectivity index is 1.67. The fourth-order valence-electron chi connectivity index (χ4n) is 2.94. The molecule has 0 spiro atoms. The smallest absolute Gasteiger partial charge is 0.261 e. The summed E-state index contributed by atoms with van der Waals surface area (Å²) in [5, 5.41) is 1.11. The van der Waals surface area contributed by atoms with E-state index in [2.05, 4.69) is 9.97 Å². The van der Waals surface area contributed by atoms with E-state index in [0.29, 0.717) is 35.2 Å². The van der Waals surface area contributed by atoms with Crippen LogP contribution in [0.4, 0.5) is 9.52 Å². The third kappa shape index (κ3) is 4.27. The van der Waals surface area contributed by atoms with Gasteiger partial charge in [0, 0.05) is 25.5 Å². The van der Waals surface area contributed by atoms with Crippen molar-refractivity contribution in [3.63, 3.8) is 0 Å². The van der Waals surface area contributed by atoms with Crippen molar-refractivity contribution < 1.29 is 9.18 Å². The summed E-state index contributed by atoms with van der Waals surface area (Å²) in [5.74, 6) is -0.833. The first-order chi connectivity index (χ1) is 14.0. The predicted octanol–water partition coefficient (Wildman–Crippen LogP) is 5.68. The van der Waals surface area contributed by atoms with Crippen molar-refractivity contribution in [2.75, 3.05) is 11.4 Å². The molecule has 0 saturated heterocycles. The predicted molar refractivity (Wildman–Crippen MR) is 115 cm³/mol. The number of rotatable bonds is 6. The second-order valence-corrected chi connectivity index (χ2v) is 8.14. The molecule has 0 fully saturated rings. The van der Waals surface area contributed by atoms with Crippen molar-refractivity contribution in [3.05, 3.63) is 76.5 Å². The number of thiazole rings is 1. The van der Waals surface area contributed by atoms with Crippen molar-refractivity contribution in [2.45, 2.75) is 13.0 Å². The number of hydrogen-bond donors (Lipinski definition) is 0. The largest absolute Gasteiger partial charge is 0.337 e. The molecule has 2 heterocycles. The first-order valence-corrected chi connectivity index (χ1v) is 10.4. The summed E-state index contributed by atoms with van der Waals surface area (Å²) in [6.07, 6.45) is 5.96. The zero-order chi connectivity index (χ0) is 20.4. The first kappa shape index (κ1) is 19.8. The number of hydrogen-bond acceptors (Lipinski definition) is 4. The molecule has 148 valence electrons. The van der Waals surface area contributed by atoms with E-state index in [1.165, 1.54) is 23.5 Å². The molecule has 5 nitrogen and oxygen atoms in total. The van der Waals surface area contributed by atoms with Gasteiger partial charge in [-0.1, -0.05) is 40.6 Å². The number of para-hydroxylation sites is 1. The fraction of sp³-hybridized carbons (Fsp3) is 0.150. The van der Waals surface area contributed by atoms with E-state index in [0.717, 1.165) is 10.8 Å². The lowest BCUT2D eigenvalue weighted by atomic mass is 10.2. The maximum absolute atomic E-state index is 13.4. The van der Waals surface area contributed by atoms with Gasteiger partial charge in [0.2, 0.25) is 0 Å². The number of fused-ring (bicyclic) bond motifs is 1. The SMILES string of the molecule is O=C(c1ccc(F)cc1Cl)N(CCCn1ccnc1)c1nc2c(Cl)cccc2s1. The average molecular weight is 449 g/mol. The lowest BCUT2D eigenvalue weighted by Gasteiger charge is -2.20. The minimum absolute atomic E-state index is 0.0637. The molecule has 0 aliphatic rings. The maximum atomic E-state index is 13.4. The molecule has 9 heteroatoms. The Kier molecular flexibility index (Phi) is 5.80. The van der Waals surface area contributed by atoms with Crippen LogP contribution in [0.25, 0.3) is 10.2 Å². The molecule has 0 N–H and O–H groups in total. The Hall–Kier alpha value is -2.48. The summed E-state index contributed by atoms with van der Waals surface area (Å²) in [5.41, 5.74) is 0.868. The molecule has 0 saturated carbocycles. The summed E-state index contributed by atoms with van der Waals surface area (Å²) in [4.78, 5) is 23.4. The molecule has 0 aliphatic heterocycles. The Labute approximate surface area is 180 Å². The van der Waals surface area contributed by atoms with E-state index >= 15 is 0 Å². The van der Waals surface area contributed by atoms with Crippen molar-refractivity contribution in [3.8, 4) is 0 Å². The van der Waals surface area contributed by atoms with Crippen molar-refractivity contribution in [1.82, 2.24) is 14.5 Å². The average Bonchev–Trinajstić information content (AvgIpc) is 3.35. The van der Waals surface area contributed by atoms with Crippen LogP contribution in [-0.2, 0) is 6.54 Å². The van der Waals surface area contributed by atoms with Gasteiger partial charge in [0.25, 0.3) is 5.91 Å². The molecule has 0 bridgehead atoms. The monoisotopic (exact) mass is 448 g/mol. The van der Waals surface area contributed by atoms with Gasteiger partial charge < -0.3 is 4.57 Å². The van der Waals surface area contributed by atoms with E-state index < -0.39 is 5.82 Å². The highest BCUT2D eigenvalue weighted by atomic mass is 35.5. The van der Waals surface area contributed by atoms with Gasteiger partial charge in [0.05, 0.1) is 26.6 Å². The second kappa shape index (κ2) is 8.49. The third-order valence-electron chi connectivity index (χ3n) is 4.35. The van der Waals surface area contributed by atoms with Crippen LogP contribution in [0.15, 0.2) is 55.1 Å². The van der Waals surface area contributed by atoms with Gasteiger partial charge in [-0.15, -0.1) is 0 Å². The van der Waals surface area contributed by atoms with Gasteiger partial charge in [0.15, 0.2) is 5.13 Å². The number of amides is 1. The van der Waals surface area contributed by atoms with E-state index in [-0.39, 0.29) is 16.5 Å². The van der Waals surface area contributed by atoms with Crippen molar-refractivity contribution in [2.24, 2.45) is 0 Å². The molecule has 4 rings (SSSR count). The van der Waals surface area contributed by atoms with Crippen LogP contribution in [-0.4, -0.2) is 27.0 Å². The molecule has 0 aliphatic carbocycles. The highest BCUT2D eigenvalue weighted by Crippen LogP contribution is 2.34. The van der Waals surface area contributed by atoms with Crippen molar-refractivity contribution >= 4 is 55.8 Å². The van der Waals surface area contributed by atoms with E-state index in [1.54, 1.807) is 23.5 Å². The molecule has 0 unspecified atom stereocenters. The Bertz CT molecular complexity index is 1160. The van der Waals surface area contributed by atoms with Crippen LogP contribution in [0.5, 0.6) is 0 Å². The van der Waals surface area contributed by atoms with E-state index in [9.17, 15) is 9.18 Å². The highest BCUT2D eigenvalue weighted by Gasteiger charge is 2.23. The van der Waals surface area contributed by atoms with Crippen LogP contribution in [0, 0.1) is 5.82 Å². The van der Waals surface area contributed by atoms with Gasteiger partial charge >= 0.3 is 0 Å². The number of aryl methyl sites for hydroxylation is 1. The summed E-state index contributed by atoms with van der Waals surface area (Å²) < 4.78 is 16.2. The second-order valence-electron chi connectivity index (χ2n) is 6.32. The first-order valence-electron chi connectivity index (χ1n) is 8.80. The molecule has 1 amide bonds. The van der Waals surface area contributed by atoms with E-state index in [1.807, 2.05) is 22.9 Å². The lowest BCUT2D eigenvalue weighted by Crippen LogP contribution is -2.32. The van der Waals surface area contributed by atoms with Crippen LogP contribution < -0.4 is 4.90 Å². The zero-order valence-electron chi connectivity index (χ0n) is 15.1. The maximum Gasteiger partial charge on any atom is 0.261 e. The lowest BCUT2D eigenvalue weighted by molar-refractivity contribution is 0.0986. The fourth-order valence-corrected chi connectivity index (χ4v) is 4.48. The number of carbonyl (C=O) groups is 1. The Morgan fingerprint density at radius 2 is 2.07 bits per heavy atom. The third-order valence-corrected chi connectivity index (χ3v) is 6.01. The number of benzene rings is 2. The Morgan fingerprint density at radius 1 is 1.21 bits per heavy atom. The van der Waals surface area contributed by atoms with Crippen LogP contribution in [0.2, 0.25) is 10.0 Å². The number of halogens is 3. The molecule has 2 aromatic heterocycles. The molecule has 0 radical (unpaired) electrons. The molecule has 29 heavy (non-hydrogen) atoms. The van der Waals surface area contributed by atoms with E-state index in [4.69, 9.17) is 23.2 Å². The minimum Gasteiger partial charge on any atom is -0.337 e. The topological polar surface area (TPSA) is 51.0 Å². The van der Waals surface area contributed by atoms with Crippen LogP contribution >= 0.6 is 34.5 Å². The van der Waals surface area contributed by atoms with Gasteiger partial charge in [-0.25, -0.2) is 14.4 Å². The van der Waals surface area contributed by atoms with Crippen molar-refractivity contribution in [1.29, 1.82) is 0 Å². The summed E-state index contributed by atoms with van der Waals surface area (Å²) >= 11 is 13.8. The summed E-state index contributed by atoms with van der Waals surface area (Å²) in [6.45, 7) is 1.09. The zero-order valence-corrected chi connectivity index (χ0v) is 17.4. The normalized spacial score (nSPS) is 11.1. The van der Waals surface area contributed by atoms with Crippen LogP contribution in [0.1, 0.15) is 16.8 Å². The number of nitrogens with zero attached hydrogens (tertiary/aromatic N) is 4. The van der Waals surface area contributed by atoms with Crippen LogP contribution in [0.3, 0.4) is 0 Å². The minimum atomic E-state index is -0.495. The van der Waals surface area contributed by atoms with Gasteiger partial charge in [-0.3, -0.25) is 9.69 Å². The molecule has 0 atom stereocenters. The van der Waals surface area contributed by atoms with Gasteiger partial charge in [-0.05, 0) is 36.8 Å².